The van der Waals surface area contributed by atoms with Crippen LogP contribution in [0.2, 0.25) is 0 Å². The standard InChI is InChI=1S/C28H29N3O2S/c1-18-5-9-24(10-6-18)29-28(34)31(16-21-7-11-25(33-4)12-8-21)17-23-15-22-14-19(2)13-20(3)26(22)30-27(23)32/h5-15H,16-17H2,1-4H3,(H,29,34)(H,30,32). The average Bonchev–Trinajstić information content (AvgIpc) is 2.81. The quantitative estimate of drug-likeness (QED) is 0.345. The van der Waals surface area contributed by atoms with Gasteiger partial charge < -0.3 is 19.9 Å². The summed E-state index contributed by atoms with van der Waals surface area (Å²) in [6.45, 7) is 7.05. The molecule has 2 N–H and O–H groups in total. The van der Waals surface area contributed by atoms with Crippen molar-refractivity contribution in [2.24, 2.45) is 0 Å². The molecule has 4 aromatic rings. The molecule has 0 spiro atoms. The smallest absolute Gasteiger partial charge is 0.253 e. The third-order valence-electron chi connectivity index (χ3n) is 5.85. The highest BCUT2D eigenvalue weighted by Crippen LogP contribution is 2.20. The number of aromatic amines is 1. The highest BCUT2D eigenvalue weighted by molar-refractivity contribution is 7.80. The number of pyridine rings is 1. The minimum Gasteiger partial charge on any atom is -0.497 e. The maximum atomic E-state index is 13.0. The van der Waals surface area contributed by atoms with E-state index in [1.54, 1.807) is 7.11 Å². The van der Waals surface area contributed by atoms with Crippen LogP contribution in [0, 0.1) is 20.8 Å². The van der Waals surface area contributed by atoms with E-state index in [1.807, 2.05) is 73.3 Å². The minimum absolute atomic E-state index is 0.0997. The molecule has 0 bridgehead atoms. The first-order chi connectivity index (χ1) is 16.3. The van der Waals surface area contributed by atoms with Crippen molar-refractivity contribution in [3.63, 3.8) is 0 Å². The second-order valence-electron chi connectivity index (χ2n) is 8.67. The number of fused-ring (bicyclic) bond motifs is 1. The SMILES string of the molecule is COc1ccc(CN(Cc2cc3cc(C)cc(C)c3[nH]c2=O)C(=S)Nc2ccc(C)cc2)cc1. The summed E-state index contributed by atoms with van der Waals surface area (Å²) in [4.78, 5) is 18.1. The Kier molecular flexibility index (Phi) is 6.98. The van der Waals surface area contributed by atoms with Crippen molar-refractivity contribution >= 4 is 33.9 Å². The summed E-state index contributed by atoms with van der Waals surface area (Å²) in [7, 11) is 1.65. The molecular weight excluding hydrogens is 442 g/mol. The van der Waals surface area contributed by atoms with Crippen LogP contribution in [0.1, 0.15) is 27.8 Å². The summed E-state index contributed by atoms with van der Waals surface area (Å²) in [6.07, 6.45) is 0. The van der Waals surface area contributed by atoms with E-state index in [1.165, 1.54) is 5.56 Å². The number of methoxy groups -OCH3 is 1. The van der Waals surface area contributed by atoms with E-state index in [9.17, 15) is 4.79 Å². The van der Waals surface area contributed by atoms with Gasteiger partial charge >= 0.3 is 0 Å². The molecule has 0 aliphatic carbocycles. The zero-order chi connectivity index (χ0) is 24.2. The van der Waals surface area contributed by atoms with Crippen molar-refractivity contribution in [1.29, 1.82) is 0 Å². The monoisotopic (exact) mass is 471 g/mol. The van der Waals surface area contributed by atoms with Crippen LogP contribution in [0.25, 0.3) is 10.9 Å². The Balaban J connectivity index is 1.66. The molecule has 0 aliphatic rings. The van der Waals surface area contributed by atoms with Crippen LogP contribution in [0.4, 0.5) is 5.69 Å². The highest BCUT2D eigenvalue weighted by Gasteiger charge is 2.15. The van der Waals surface area contributed by atoms with Crippen LogP contribution in [-0.4, -0.2) is 22.1 Å². The van der Waals surface area contributed by atoms with Gasteiger partial charge in [0.15, 0.2) is 5.11 Å². The normalized spacial score (nSPS) is 10.8. The minimum atomic E-state index is -0.0997. The lowest BCUT2D eigenvalue weighted by Crippen LogP contribution is -2.35. The van der Waals surface area contributed by atoms with Gasteiger partial charge in [-0.15, -0.1) is 0 Å². The molecule has 0 atom stereocenters. The molecule has 0 amide bonds. The van der Waals surface area contributed by atoms with Crippen molar-refractivity contribution < 1.29 is 4.74 Å². The Labute approximate surface area is 205 Å². The lowest BCUT2D eigenvalue weighted by molar-refractivity contribution is 0.406. The first-order valence-corrected chi connectivity index (χ1v) is 11.6. The molecule has 174 valence electrons. The predicted molar refractivity (Wildman–Crippen MR) is 144 cm³/mol. The van der Waals surface area contributed by atoms with Crippen LogP contribution in [-0.2, 0) is 13.1 Å². The van der Waals surface area contributed by atoms with E-state index in [4.69, 9.17) is 17.0 Å². The number of thiocarbonyl (C=S) groups is 1. The summed E-state index contributed by atoms with van der Waals surface area (Å²) in [5, 5.41) is 4.90. The second kappa shape index (κ2) is 10.1. The number of aromatic nitrogens is 1. The van der Waals surface area contributed by atoms with E-state index in [2.05, 4.69) is 29.4 Å². The van der Waals surface area contributed by atoms with Crippen molar-refractivity contribution in [2.75, 3.05) is 12.4 Å². The van der Waals surface area contributed by atoms with Gasteiger partial charge in [-0.05, 0) is 85.9 Å². The Hall–Kier alpha value is -3.64. The van der Waals surface area contributed by atoms with E-state index >= 15 is 0 Å². The van der Waals surface area contributed by atoms with Gasteiger partial charge in [0.25, 0.3) is 5.56 Å². The Morgan fingerprint density at radius 2 is 1.65 bits per heavy atom. The van der Waals surface area contributed by atoms with Crippen LogP contribution in [0.5, 0.6) is 5.75 Å². The molecule has 0 saturated carbocycles. The lowest BCUT2D eigenvalue weighted by Gasteiger charge is -2.26. The summed E-state index contributed by atoms with van der Waals surface area (Å²) in [5.41, 5.74) is 6.82. The van der Waals surface area contributed by atoms with Gasteiger partial charge in [-0.2, -0.15) is 0 Å². The fourth-order valence-electron chi connectivity index (χ4n) is 4.05. The maximum Gasteiger partial charge on any atom is 0.253 e. The molecule has 1 heterocycles. The molecule has 0 radical (unpaired) electrons. The molecule has 1 aromatic heterocycles. The maximum absolute atomic E-state index is 13.0. The molecular formula is C28H29N3O2S. The molecule has 0 unspecified atom stereocenters. The second-order valence-corrected chi connectivity index (χ2v) is 9.06. The largest absolute Gasteiger partial charge is 0.497 e. The topological polar surface area (TPSA) is 57.4 Å². The van der Waals surface area contributed by atoms with Crippen LogP contribution >= 0.6 is 12.2 Å². The van der Waals surface area contributed by atoms with Gasteiger partial charge in [-0.25, -0.2) is 0 Å². The molecule has 0 saturated heterocycles. The fourth-order valence-corrected chi connectivity index (χ4v) is 4.29. The van der Waals surface area contributed by atoms with Gasteiger partial charge in [0, 0.05) is 17.8 Å². The van der Waals surface area contributed by atoms with Gasteiger partial charge in [-0.3, -0.25) is 4.79 Å². The highest BCUT2D eigenvalue weighted by atomic mass is 32.1. The Morgan fingerprint density at radius 1 is 0.941 bits per heavy atom. The Bertz CT molecular complexity index is 1380. The number of hydrogen-bond acceptors (Lipinski definition) is 3. The number of hydrogen-bond donors (Lipinski definition) is 2. The van der Waals surface area contributed by atoms with Gasteiger partial charge in [-0.1, -0.05) is 41.5 Å². The third kappa shape index (κ3) is 5.46. The number of aryl methyl sites for hydroxylation is 3. The van der Waals surface area contributed by atoms with E-state index in [-0.39, 0.29) is 5.56 Å². The molecule has 0 aliphatic heterocycles. The lowest BCUT2D eigenvalue weighted by atomic mass is 10.1. The zero-order valence-electron chi connectivity index (χ0n) is 19.9. The first-order valence-electron chi connectivity index (χ1n) is 11.2. The number of ether oxygens (including phenoxy) is 1. The summed E-state index contributed by atoms with van der Waals surface area (Å²) >= 11 is 5.80. The summed E-state index contributed by atoms with van der Waals surface area (Å²) in [5.74, 6) is 0.798. The number of benzene rings is 3. The predicted octanol–water partition coefficient (Wildman–Crippen LogP) is 5.86. The molecule has 34 heavy (non-hydrogen) atoms. The number of nitrogens with zero attached hydrogens (tertiary/aromatic N) is 1. The number of H-pyrrole nitrogens is 1. The Morgan fingerprint density at radius 3 is 2.32 bits per heavy atom. The average molecular weight is 472 g/mol. The van der Waals surface area contributed by atoms with Crippen molar-refractivity contribution in [3.05, 3.63) is 105 Å². The number of nitrogens with one attached hydrogen (secondary N) is 2. The number of anilines is 1. The fraction of sp³-hybridized carbons (Fsp3) is 0.214. The van der Waals surface area contributed by atoms with Crippen LogP contribution in [0.3, 0.4) is 0 Å². The molecule has 6 heteroatoms. The first kappa shape index (κ1) is 23.5. The van der Waals surface area contributed by atoms with Crippen LogP contribution < -0.4 is 15.6 Å². The third-order valence-corrected chi connectivity index (χ3v) is 6.21. The molecule has 4 rings (SSSR count). The van der Waals surface area contributed by atoms with E-state index in [0.717, 1.165) is 39.0 Å². The van der Waals surface area contributed by atoms with Crippen molar-refractivity contribution in [2.45, 2.75) is 33.9 Å². The van der Waals surface area contributed by atoms with Crippen LogP contribution in [0.15, 0.2) is 71.5 Å². The van der Waals surface area contributed by atoms with Crippen molar-refractivity contribution in [1.82, 2.24) is 9.88 Å². The van der Waals surface area contributed by atoms with Gasteiger partial charge in [0.05, 0.1) is 19.2 Å². The van der Waals surface area contributed by atoms with Gasteiger partial charge in [0.1, 0.15) is 5.75 Å². The van der Waals surface area contributed by atoms with E-state index in [0.29, 0.717) is 23.8 Å². The summed E-state index contributed by atoms with van der Waals surface area (Å²) in [6, 6.07) is 22.1. The molecule has 3 aromatic carbocycles. The zero-order valence-corrected chi connectivity index (χ0v) is 20.8. The van der Waals surface area contributed by atoms with Crippen molar-refractivity contribution in [3.8, 4) is 5.75 Å². The van der Waals surface area contributed by atoms with E-state index < -0.39 is 0 Å². The molecule has 5 nitrogen and oxygen atoms in total. The molecule has 0 fully saturated rings. The summed E-state index contributed by atoms with van der Waals surface area (Å²) < 4.78 is 5.28. The van der Waals surface area contributed by atoms with Gasteiger partial charge in [0.2, 0.25) is 0 Å². The number of rotatable bonds is 6.